The van der Waals surface area contributed by atoms with Crippen LogP contribution in [0.1, 0.15) is 30.9 Å². The van der Waals surface area contributed by atoms with Crippen LogP contribution in [0, 0.1) is 12.8 Å². The first-order chi connectivity index (χ1) is 9.70. The van der Waals surface area contributed by atoms with Gasteiger partial charge in [0.05, 0.1) is 6.61 Å². The third-order valence-electron chi connectivity index (χ3n) is 4.03. The number of benzene rings is 1. The lowest BCUT2D eigenvalue weighted by atomic mass is 9.98. The van der Waals surface area contributed by atoms with Gasteiger partial charge in [0.15, 0.2) is 0 Å². The standard InChI is InChI=1S/C17H28N2O/c1-14-6-7-17(19-9-4-5-15(2)13-19)16(11-14)12-18-8-10-20-3/h6-7,11,15,18H,4-5,8-10,12-13H2,1-3H3. The predicted octanol–water partition coefficient (Wildman–Crippen LogP) is 2.97. The number of nitrogens with one attached hydrogen (secondary N) is 1. The minimum atomic E-state index is 0.766. The van der Waals surface area contributed by atoms with Gasteiger partial charge < -0.3 is 15.0 Å². The van der Waals surface area contributed by atoms with Crippen molar-refractivity contribution >= 4 is 5.69 Å². The molecule has 1 heterocycles. The van der Waals surface area contributed by atoms with Crippen molar-refractivity contribution in [3.05, 3.63) is 29.3 Å². The van der Waals surface area contributed by atoms with E-state index >= 15 is 0 Å². The summed E-state index contributed by atoms with van der Waals surface area (Å²) in [7, 11) is 1.74. The van der Waals surface area contributed by atoms with Crippen molar-refractivity contribution in [3.63, 3.8) is 0 Å². The zero-order valence-corrected chi connectivity index (χ0v) is 13.1. The Hall–Kier alpha value is -1.06. The maximum Gasteiger partial charge on any atom is 0.0587 e. The third-order valence-corrected chi connectivity index (χ3v) is 4.03. The van der Waals surface area contributed by atoms with E-state index in [4.69, 9.17) is 4.74 Å². The number of anilines is 1. The summed E-state index contributed by atoms with van der Waals surface area (Å²) in [6.07, 6.45) is 2.68. The molecule has 0 aliphatic carbocycles. The molecule has 0 radical (unpaired) electrons. The Morgan fingerprint density at radius 3 is 3.00 bits per heavy atom. The Bertz CT molecular complexity index is 419. The quantitative estimate of drug-likeness (QED) is 0.809. The van der Waals surface area contributed by atoms with E-state index in [1.807, 2.05) is 0 Å². The van der Waals surface area contributed by atoms with Crippen LogP contribution in [-0.2, 0) is 11.3 Å². The number of piperidine rings is 1. The molecular formula is C17H28N2O. The van der Waals surface area contributed by atoms with Crippen molar-refractivity contribution < 1.29 is 4.74 Å². The van der Waals surface area contributed by atoms with E-state index in [9.17, 15) is 0 Å². The number of nitrogens with zero attached hydrogens (tertiary/aromatic N) is 1. The van der Waals surface area contributed by atoms with Crippen molar-refractivity contribution in [1.82, 2.24) is 5.32 Å². The van der Waals surface area contributed by atoms with Crippen LogP contribution in [-0.4, -0.2) is 33.4 Å². The van der Waals surface area contributed by atoms with Crippen LogP contribution < -0.4 is 10.2 Å². The van der Waals surface area contributed by atoms with Crippen LogP contribution in [0.15, 0.2) is 18.2 Å². The number of aryl methyl sites for hydroxylation is 1. The smallest absolute Gasteiger partial charge is 0.0587 e. The molecule has 2 rings (SSSR count). The SMILES string of the molecule is COCCNCc1cc(C)ccc1N1CCCC(C)C1. The molecule has 1 aromatic rings. The molecule has 0 amide bonds. The predicted molar refractivity (Wildman–Crippen MR) is 85.4 cm³/mol. The summed E-state index contributed by atoms with van der Waals surface area (Å²) >= 11 is 0. The molecule has 0 spiro atoms. The summed E-state index contributed by atoms with van der Waals surface area (Å²) in [5.41, 5.74) is 4.16. The molecule has 1 fully saturated rings. The number of hydrogen-bond donors (Lipinski definition) is 1. The molecule has 1 atom stereocenters. The van der Waals surface area contributed by atoms with Crippen molar-refractivity contribution in [1.29, 1.82) is 0 Å². The monoisotopic (exact) mass is 276 g/mol. The molecule has 3 heteroatoms. The van der Waals surface area contributed by atoms with Gasteiger partial charge in [-0.3, -0.25) is 0 Å². The molecule has 1 N–H and O–H groups in total. The molecular weight excluding hydrogens is 248 g/mol. The molecule has 0 bridgehead atoms. The van der Waals surface area contributed by atoms with Crippen LogP contribution in [0.4, 0.5) is 5.69 Å². The van der Waals surface area contributed by atoms with Crippen molar-refractivity contribution in [2.24, 2.45) is 5.92 Å². The highest BCUT2D eigenvalue weighted by Crippen LogP contribution is 2.27. The summed E-state index contributed by atoms with van der Waals surface area (Å²) in [6.45, 7) is 9.50. The average molecular weight is 276 g/mol. The molecule has 0 saturated carbocycles. The minimum Gasteiger partial charge on any atom is -0.383 e. The van der Waals surface area contributed by atoms with Crippen LogP contribution >= 0.6 is 0 Å². The Labute approximate surface area is 123 Å². The minimum absolute atomic E-state index is 0.766. The van der Waals surface area contributed by atoms with Crippen LogP contribution in [0.3, 0.4) is 0 Å². The lowest BCUT2D eigenvalue weighted by molar-refractivity contribution is 0.199. The van der Waals surface area contributed by atoms with E-state index in [0.717, 1.165) is 25.6 Å². The zero-order valence-electron chi connectivity index (χ0n) is 13.1. The summed E-state index contributed by atoms with van der Waals surface area (Å²) in [5.74, 6) is 0.805. The second-order valence-electron chi connectivity index (χ2n) is 6.00. The second-order valence-corrected chi connectivity index (χ2v) is 6.00. The third kappa shape index (κ3) is 4.22. The van der Waals surface area contributed by atoms with Gasteiger partial charge in [-0.2, -0.15) is 0 Å². The molecule has 0 aromatic heterocycles. The van der Waals surface area contributed by atoms with Crippen molar-refractivity contribution in [3.8, 4) is 0 Å². The highest BCUT2D eigenvalue weighted by Gasteiger charge is 2.18. The second kappa shape index (κ2) is 7.65. The number of hydrogen-bond acceptors (Lipinski definition) is 3. The molecule has 3 nitrogen and oxygen atoms in total. The largest absolute Gasteiger partial charge is 0.383 e. The number of rotatable bonds is 6. The zero-order chi connectivity index (χ0) is 14.4. The lowest BCUT2D eigenvalue weighted by Gasteiger charge is -2.34. The van der Waals surface area contributed by atoms with Crippen LogP contribution in [0.2, 0.25) is 0 Å². The first kappa shape index (κ1) is 15.3. The molecule has 1 aromatic carbocycles. The summed E-state index contributed by atoms with van der Waals surface area (Å²) in [4.78, 5) is 2.56. The van der Waals surface area contributed by atoms with Crippen molar-refractivity contribution in [2.75, 3.05) is 38.3 Å². The fourth-order valence-electron chi connectivity index (χ4n) is 2.97. The Kier molecular flexibility index (Phi) is 5.86. The van der Waals surface area contributed by atoms with E-state index in [0.29, 0.717) is 0 Å². The van der Waals surface area contributed by atoms with Gasteiger partial charge in [0, 0.05) is 39.0 Å². The Balaban J connectivity index is 2.06. The van der Waals surface area contributed by atoms with Gasteiger partial charge in [0.1, 0.15) is 0 Å². The van der Waals surface area contributed by atoms with Gasteiger partial charge in [-0.15, -0.1) is 0 Å². The molecule has 112 valence electrons. The van der Waals surface area contributed by atoms with E-state index in [1.165, 1.54) is 42.7 Å². The van der Waals surface area contributed by atoms with Gasteiger partial charge in [-0.1, -0.05) is 24.6 Å². The Morgan fingerprint density at radius 1 is 1.40 bits per heavy atom. The molecule has 1 saturated heterocycles. The highest BCUT2D eigenvalue weighted by molar-refractivity contribution is 5.55. The van der Waals surface area contributed by atoms with Crippen LogP contribution in [0.25, 0.3) is 0 Å². The first-order valence-electron chi connectivity index (χ1n) is 7.75. The Morgan fingerprint density at radius 2 is 2.25 bits per heavy atom. The van der Waals surface area contributed by atoms with E-state index in [2.05, 4.69) is 42.3 Å². The van der Waals surface area contributed by atoms with Gasteiger partial charge in [0.2, 0.25) is 0 Å². The average Bonchev–Trinajstić information content (AvgIpc) is 2.44. The molecule has 1 aliphatic heterocycles. The van der Waals surface area contributed by atoms with Crippen LogP contribution in [0.5, 0.6) is 0 Å². The molecule has 1 aliphatic rings. The maximum absolute atomic E-state index is 5.09. The fraction of sp³-hybridized carbons (Fsp3) is 0.647. The number of methoxy groups -OCH3 is 1. The summed E-state index contributed by atoms with van der Waals surface area (Å²) < 4.78 is 5.09. The molecule has 20 heavy (non-hydrogen) atoms. The van der Waals surface area contributed by atoms with Gasteiger partial charge in [0.25, 0.3) is 0 Å². The first-order valence-corrected chi connectivity index (χ1v) is 7.75. The normalized spacial score (nSPS) is 19.4. The van der Waals surface area contributed by atoms with E-state index in [-0.39, 0.29) is 0 Å². The van der Waals surface area contributed by atoms with Gasteiger partial charge in [-0.05, 0) is 37.3 Å². The fourth-order valence-corrected chi connectivity index (χ4v) is 2.97. The topological polar surface area (TPSA) is 24.5 Å². The lowest BCUT2D eigenvalue weighted by Crippen LogP contribution is -2.35. The summed E-state index contributed by atoms with van der Waals surface area (Å²) in [5, 5.41) is 3.47. The molecule has 1 unspecified atom stereocenters. The van der Waals surface area contributed by atoms with E-state index in [1.54, 1.807) is 7.11 Å². The maximum atomic E-state index is 5.09. The highest BCUT2D eigenvalue weighted by atomic mass is 16.5. The van der Waals surface area contributed by atoms with Gasteiger partial charge >= 0.3 is 0 Å². The summed E-state index contributed by atoms with van der Waals surface area (Å²) in [6, 6.07) is 6.84. The van der Waals surface area contributed by atoms with Gasteiger partial charge in [-0.25, -0.2) is 0 Å². The van der Waals surface area contributed by atoms with E-state index < -0.39 is 0 Å². The number of ether oxygens (including phenoxy) is 1. The van der Waals surface area contributed by atoms with Crippen molar-refractivity contribution in [2.45, 2.75) is 33.2 Å².